The van der Waals surface area contributed by atoms with Crippen molar-refractivity contribution in [1.82, 2.24) is 4.98 Å². The van der Waals surface area contributed by atoms with E-state index in [1.807, 2.05) is 25.1 Å². The maximum atomic E-state index is 12.4. The minimum Gasteiger partial charge on any atom is -0.380 e. The quantitative estimate of drug-likeness (QED) is 0.866. The number of hydrogen-bond donors (Lipinski definition) is 1. The molecule has 0 amide bonds. The number of aromatic nitrogens is 1. The van der Waals surface area contributed by atoms with Crippen molar-refractivity contribution in [3.8, 4) is 0 Å². The summed E-state index contributed by atoms with van der Waals surface area (Å²) in [5.41, 5.74) is 1.82. The van der Waals surface area contributed by atoms with Crippen LogP contribution in [0.5, 0.6) is 0 Å². The van der Waals surface area contributed by atoms with Crippen LogP contribution in [0, 0.1) is 6.92 Å². The van der Waals surface area contributed by atoms with Crippen LogP contribution in [0.3, 0.4) is 0 Å². The second-order valence-electron chi connectivity index (χ2n) is 4.37. The third-order valence-corrected chi connectivity index (χ3v) is 3.66. The summed E-state index contributed by atoms with van der Waals surface area (Å²) in [5.74, 6) is 0. The molecule has 6 heteroatoms. The summed E-state index contributed by atoms with van der Waals surface area (Å²) in [6.07, 6.45) is -3.21. The van der Waals surface area contributed by atoms with Gasteiger partial charge in [0.2, 0.25) is 0 Å². The second-order valence-corrected chi connectivity index (χ2v) is 5.22. The highest BCUT2D eigenvalue weighted by Crippen LogP contribution is 2.27. The van der Waals surface area contributed by atoms with Crippen molar-refractivity contribution < 1.29 is 13.2 Å². The van der Waals surface area contributed by atoms with Gasteiger partial charge in [0, 0.05) is 11.0 Å². The lowest BCUT2D eigenvalue weighted by Gasteiger charge is -2.09. The van der Waals surface area contributed by atoms with Gasteiger partial charge in [-0.2, -0.15) is 13.2 Å². The zero-order chi connectivity index (χ0) is 14.8. The second kappa shape index (κ2) is 5.83. The normalized spacial score (nSPS) is 11.4. The molecular weight excluding hydrogens is 333 g/mol. The average molecular weight is 345 g/mol. The van der Waals surface area contributed by atoms with Gasteiger partial charge in [-0.05, 0) is 36.2 Å². The van der Waals surface area contributed by atoms with Gasteiger partial charge in [-0.1, -0.05) is 28.1 Å². The fourth-order valence-corrected chi connectivity index (χ4v) is 1.93. The van der Waals surface area contributed by atoms with Crippen LogP contribution >= 0.6 is 15.9 Å². The Morgan fingerprint density at radius 1 is 1.20 bits per heavy atom. The summed E-state index contributed by atoms with van der Waals surface area (Å²) in [7, 11) is 0. The van der Waals surface area contributed by atoms with Crippen LogP contribution in [0.25, 0.3) is 0 Å². The molecule has 0 saturated heterocycles. The van der Waals surface area contributed by atoms with Crippen LogP contribution in [-0.2, 0) is 12.7 Å². The van der Waals surface area contributed by atoms with Crippen molar-refractivity contribution in [3.63, 3.8) is 0 Å². The number of rotatable bonds is 3. The number of halogens is 4. The van der Waals surface area contributed by atoms with E-state index >= 15 is 0 Å². The van der Waals surface area contributed by atoms with E-state index in [1.54, 1.807) is 0 Å². The lowest BCUT2D eigenvalue weighted by atomic mass is 10.1. The van der Waals surface area contributed by atoms with Gasteiger partial charge in [0.25, 0.3) is 0 Å². The van der Waals surface area contributed by atoms with Crippen molar-refractivity contribution in [2.24, 2.45) is 0 Å². The molecule has 20 heavy (non-hydrogen) atoms. The average Bonchev–Trinajstić information content (AvgIpc) is 2.40. The van der Waals surface area contributed by atoms with E-state index in [9.17, 15) is 13.2 Å². The fourth-order valence-electron chi connectivity index (χ4n) is 1.69. The van der Waals surface area contributed by atoms with Crippen molar-refractivity contribution >= 4 is 21.6 Å². The molecule has 0 bridgehead atoms. The molecule has 1 heterocycles. The Morgan fingerprint density at radius 2 is 1.95 bits per heavy atom. The molecule has 0 aliphatic carbocycles. The Bertz CT molecular complexity index is 594. The van der Waals surface area contributed by atoms with Gasteiger partial charge in [0.05, 0.1) is 11.9 Å². The maximum absolute atomic E-state index is 12.4. The van der Waals surface area contributed by atoms with Crippen molar-refractivity contribution in [3.05, 3.63) is 57.8 Å². The Hall–Kier alpha value is -1.56. The molecule has 1 aromatic heterocycles. The third-order valence-electron chi connectivity index (χ3n) is 2.77. The van der Waals surface area contributed by atoms with Gasteiger partial charge in [-0.25, -0.2) is 4.98 Å². The highest BCUT2D eigenvalue weighted by atomic mass is 79.9. The summed E-state index contributed by atoms with van der Waals surface area (Å²) < 4.78 is 38.1. The van der Waals surface area contributed by atoms with Gasteiger partial charge in [-0.15, -0.1) is 0 Å². The zero-order valence-electron chi connectivity index (χ0n) is 10.6. The number of anilines is 1. The molecule has 1 N–H and O–H groups in total. The van der Waals surface area contributed by atoms with Crippen LogP contribution in [0.4, 0.5) is 18.9 Å². The first-order chi connectivity index (χ1) is 9.36. The minimum atomic E-state index is -4.40. The third kappa shape index (κ3) is 3.72. The molecule has 0 fully saturated rings. The largest absolute Gasteiger partial charge is 0.433 e. The van der Waals surface area contributed by atoms with E-state index in [2.05, 4.69) is 26.2 Å². The first-order valence-electron chi connectivity index (χ1n) is 5.88. The lowest BCUT2D eigenvalue weighted by Crippen LogP contribution is -2.08. The Kier molecular flexibility index (Phi) is 4.32. The molecule has 0 unspecified atom stereocenters. The number of pyridine rings is 1. The molecule has 2 nitrogen and oxygen atoms in total. The van der Waals surface area contributed by atoms with E-state index < -0.39 is 11.9 Å². The van der Waals surface area contributed by atoms with E-state index in [0.717, 1.165) is 21.7 Å². The molecule has 0 saturated carbocycles. The number of hydrogen-bond acceptors (Lipinski definition) is 2. The van der Waals surface area contributed by atoms with Gasteiger partial charge in [0.15, 0.2) is 0 Å². The van der Waals surface area contributed by atoms with E-state index in [4.69, 9.17) is 0 Å². The molecule has 2 rings (SSSR count). The van der Waals surface area contributed by atoms with E-state index in [0.29, 0.717) is 12.2 Å². The molecule has 1 aromatic carbocycles. The van der Waals surface area contributed by atoms with Crippen LogP contribution in [0.1, 0.15) is 16.8 Å². The van der Waals surface area contributed by atoms with Crippen molar-refractivity contribution in [2.45, 2.75) is 19.6 Å². The van der Waals surface area contributed by atoms with Gasteiger partial charge < -0.3 is 5.32 Å². The Labute approximate surface area is 123 Å². The summed E-state index contributed by atoms with van der Waals surface area (Å²) >= 11 is 3.41. The number of alkyl halides is 3. The fraction of sp³-hybridized carbons (Fsp3) is 0.214. The van der Waals surface area contributed by atoms with Crippen LogP contribution in [0.2, 0.25) is 0 Å². The summed E-state index contributed by atoms with van der Waals surface area (Å²) in [6, 6.07) is 8.24. The minimum absolute atomic E-state index is 0.529. The Balaban J connectivity index is 2.02. The molecule has 106 valence electrons. The highest BCUT2D eigenvalue weighted by Gasteiger charge is 2.31. The van der Waals surface area contributed by atoms with Crippen molar-refractivity contribution in [1.29, 1.82) is 0 Å². The standard InChI is InChI=1S/C14H12BrF3N2/c1-9-6-10(2-4-12(9)15)7-19-11-3-5-13(20-8-11)14(16,17)18/h2-6,8,19H,7H2,1H3. The molecule has 2 aromatic rings. The van der Waals surface area contributed by atoms with Crippen LogP contribution < -0.4 is 5.32 Å². The topological polar surface area (TPSA) is 24.9 Å². The zero-order valence-corrected chi connectivity index (χ0v) is 12.2. The number of aryl methyl sites for hydroxylation is 1. The highest BCUT2D eigenvalue weighted by molar-refractivity contribution is 9.10. The van der Waals surface area contributed by atoms with Gasteiger partial charge in [-0.3, -0.25) is 0 Å². The monoisotopic (exact) mass is 344 g/mol. The van der Waals surface area contributed by atoms with Gasteiger partial charge in [0.1, 0.15) is 5.69 Å². The van der Waals surface area contributed by atoms with Crippen LogP contribution in [-0.4, -0.2) is 4.98 Å². The Morgan fingerprint density at radius 3 is 2.50 bits per heavy atom. The van der Waals surface area contributed by atoms with Gasteiger partial charge >= 0.3 is 6.18 Å². The maximum Gasteiger partial charge on any atom is 0.433 e. The molecule has 0 spiro atoms. The van der Waals surface area contributed by atoms with E-state index in [-0.39, 0.29) is 0 Å². The smallest absolute Gasteiger partial charge is 0.380 e. The number of benzene rings is 1. The number of nitrogens with zero attached hydrogens (tertiary/aromatic N) is 1. The predicted octanol–water partition coefficient (Wildman–Crippen LogP) is 4.78. The molecule has 0 radical (unpaired) electrons. The lowest BCUT2D eigenvalue weighted by molar-refractivity contribution is -0.141. The first-order valence-corrected chi connectivity index (χ1v) is 6.68. The molecule has 0 aliphatic heterocycles. The number of nitrogens with one attached hydrogen (secondary N) is 1. The van der Waals surface area contributed by atoms with Crippen LogP contribution in [0.15, 0.2) is 41.0 Å². The SMILES string of the molecule is Cc1cc(CNc2ccc(C(F)(F)F)nc2)ccc1Br. The summed E-state index contributed by atoms with van der Waals surface area (Å²) in [4.78, 5) is 3.40. The van der Waals surface area contributed by atoms with Crippen molar-refractivity contribution in [2.75, 3.05) is 5.32 Å². The summed E-state index contributed by atoms with van der Waals surface area (Å²) in [5, 5.41) is 3.04. The van der Waals surface area contributed by atoms with E-state index in [1.165, 1.54) is 12.3 Å². The first kappa shape index (κ1) is 14.8. The molecule has 0 aliphatic rings. The molecule has 0 atom stereocenters. The predicted molar refractivity (Wildman–Crippen MR) is 75.4 cm³/mol. The summed E-state index contributed by atoms with van der Waals surface area (Å²) in [6.45, 7) is 2.51. The molecular formula is C14H12BrF3N2.